The smallest absolute Gasteiger partial charge is 0.338 e. The molecule has 3 saturated carbocycles. The molecule has 7 rings (SSSR count). The number of carbonyl (C=O) groups excluding carboxylic acids is 3. The standard InChI is InChI=1S/C43H60O15/c1-20(21(2)44)28-16-29-27(12-9-24-15-25(46)13-14-42(24,29)4)30-17-33(38(50)43(28,30)5)56-41-37(55-22(3)45)35(32(48)19-54-41)58-40-36(34(49)31(47)18-53-40)57-39(51)23-7-10-26(52-6)11-8-23/h7-11,20,25,27-38,40-41,46-50H,12-19H2,1-6H3/t20-,25+,27?,28?,29?,30?,31?,32?,33+,34?,35?,36?,37?,38-,40?,41?,42+,43+/m1/s1. The van der Waals surface area contributed by atoms with Gasteiger partial charge < -0.3 is 58.7 Å². The second-order valence-electron chi connectivity index (χ2n) is 17.9. The minimum atomic E-state index is -1.64. The van der Waals surface area contributed by atoms with Gasteiger partial charge in [-0.25, -0.2) is 4.79 Å². The Morgan fingerprint density at radius 2 is 1.52 bits per heavy atom. The maximum atomic E-state index is 13.2. The quantitative estimate of drug-likeness (QED) is 0.169. The van der Waals surface area contributed by atoms with E-state index in [0.29, 0.717) is 25.0 Å². The van der Waals surface area contributed by atoms with Gasteiger partial charge in [-0.1, -0.05) is 32.4 Å². The van der Waals surface area contributed by atoms with Gasteiger partial charge in [-0.05, 0) is 98.8 Å². The lowest BCUT2D eigenvalue weighted by Gasteiger charge is -2.60. The van der Waals surface area contributed by atoms with Crippen molar-refractivity contribution in [2.45, 2.75) is 141 Å². The number of aliphatic hydroxyl groups excluding tert-OH is 5. The van der Waals surface area contributed by atoms with E-state index in [4.69, 9.17) is 33.2 Å². The van der Waals surface area contributed by atoms with E-state index < -0.39 is 85.4 Å². The summed E-state index contributed by atoms with van der Waals surface area (Å²) in [6.45, 7) is 8.34. The molecular weight excluding hydrogens is 756 g/mol. The fraction of sp³-hybridized carbons (Fsp3) is 0.744. The zero-order chi connectivity index (χ0) is 41.8. The molecule has 15 nitrogen and oxygen atoms in total. The average molecular weight is 817 g/mol. The first-order valence-corrected chi connectivity index (χ1v) is 20.6. The molecule has 0 spiro atoms. The van der Waals surface area contributed by atoms with Crippen LogP contribution in [0.5, 0.6) is 5.75 Å². The molecule has 58 heavy (non-hydrogen) atoms. The summed E-state index contributed by atoms with van der Waals surface area (Å²) < 4.78 is 41.0. The monoisotopic (exact) mass is 816 g/mol. The van der Waals surface area contributed by atoms with Crippen molar-refractivity contribution in [1.82, 2.24) is 0 Å². The number of methoxy groups -OCH3 is 1. The second-order valence-corrected chi connectivity index (χ2v) is 17.9. The highest BCUT2D eigenvalue weighted by Gasteiger charge is 2.66. The van der Waals surface area contributed by atoms with Gasteiger partial charge in [0.1, 0.15) is 35.9 Å². The molecule has 322 valence electrons. The molecular formula is C43H60O15. The molecule has 6 aliphatic rings. The first kappa shape index (κ1) is 43.1. The largest absolute Gasteiger partial charge is 0.497 e. The fourth-order valence-corrected chi connectivity index (χ4v) is 11.4. The lowest BCUT2D eigenvalue weighted by molar-refractivity contribution is -0.341. The number of rotatable bonds is 10. The third-order valence-corrected chi connectivity index (χ3v) is 14.8. The number of hydrogen-bond acceptors (Lipinski definition) is 15. The number of esters is 2. The second kappa shape index (κ2) is 16.8. The van der Waals surface area contributed by atoms with Crippen molar-refractivity contribution in [3.8, 4) is 5.75 Å². The molecule has 2 heterocycles. The molecule has 1 aromatic carbocycles. The van der Waals surface area contributed by atoms with Crippen molar-refractivity contribution in [3.63, 3.8) is 0 Å². The van der Waals surface area contributed by atoms with Gasteiger partial charge >= 0.3 is 11.9 Å². The van der Waals surface area contributed by atoms with Crippen molar-refractivity contribution in [2.75, 3.05) is 20.3 Å². The van der Waals surface area contributed by atoms with Crippen molar-refractivity contribution in [3.05, 3.63) is 41.5 Å². The van der Waals surface area contributed by atoms with Crippen LogP contribution < -0.4 is 4.74 Å². The number of aliphatic hydroxyl groups is 5. The zero-order valence-electron chi connectivity index (χ0n) is 34.1. The van der Waals surface area contributed by atoms with Gasteiger partial charge in [0.25, 0.3) is 0 Å². The molecule has 1 aromatic rings. The first-order valence-electron chi connectivity index (χ1n) is 20.6. The van der Waals surface area contributed by atoms with Crippen molar-refractivity contribution in [2.24, 2.45) is 40.4 Å². The van der Waals surface area contributed by atoms with Crippen LogP contribution in [0.2, 0.25) is 0 Å². The van der Waals surface area contributed by atoms with Gasteiger partial charge in [-0.2, -0.15) is 0 Å². The van der Waals surface area contributed by atoms with Crippen LogP contribution in [-0.2, 0) is 38.0 Å². The Balaban J connectivity index is 1.14. The summed E-state index contributed by atoms with van der Waals surface area (Å²) in [6, 6.07) is 6.04. The van der Waals surface area contributed by atoms with E-state index in [1.807, 2.05) is 6.92 Å². The van der Waals surface area contributed by atoms with Crippen LogP contribution in [0.25, 0.3) is 0 Å². The Morgan fingerprint density at radius 3 is 2.17 bits per heavy atom. The van der Waals surface area contributed by atoms with Crippen molar-refractivity contribution >= 4 is 17.7 Å². The molecule has 5 fully saturated rings. The summed E-state index contributed by atoms with van der Waals surface area (Å²) in [5.41, 5.74) is 0.544. The SMILES string of the molecule is COc1ccc(C(=O)OC2C(OC3C(O)COC(O[C@H]4CC5C6CC=C7C[C@@H](O)CC[C@]7(C)C6CC([C@H](C)C(C)=O)[C@]5(C)[C@@H]4O)C3OC(C)=O)OCC(O)C2O)cc1. The van der Waals surface area contributed by atoms with E-state index in [9.17, 15) is 39.9 Å². The van der Waals surface area contributed by atoms with Crippen molar-refractivity contribution < 1.29 is 73.1 Å². The topological polar surface area (TPSA) is 217 Å². The third kappa shape index (κ3) is 7.75. The average Bonchev–Trinajstić information content (AvgIpc) is 3.45. The molecule has 4 aliphatic carbocycles. The number of Topliss-reactive ketones (excluding diaryl/α,β-unsaturated/α-hetero) is 1. The first-order chi connectivity index (χ1) is 27.5. The van der Waals surface area contributed by atoms with E-state index in [2.05, 4.69) is 19.9 Å². The van der Waals surface area contributed by atoms with Gasteiger partial charge in [0, 0.05) is 18.3 Å². The Bertz CT molecular complexity index is 1700. The number of ketones is 1. The minimum absolute atomic E-state index is 0.0439. The van der Waals surface area contributed by atoms with Crippen LogP contribution in [0.1, 0.15) is 83.5 Å². The molecule has 15 heteroatoms. The number of benzene rings is 1. The molecule has 12 unspecified atom stereocenters. The Labute approximate surface area is 338 Å². The van der Waals surface area contributed by atoms with Crippen LogP contribution in [0, 0.1) is 40.4 Å². The summed E-state index contributed by atoms with van der Waals surface area (Å²) in [6.07, 6.45) is -7.51. The summed E-state index contributed by atoms with van der Waals surface area (Å²) in [5.74, 6) is -1.17. The van der Waals surface area contributed by atoms with E-state index in [1.54, 1.807) is 19.1 Å². The van der Waals surface area contributed by atoms with Gasteiger partial charge in [0.15, 0.2) is 24.8 Å². The van der Waals surface area contributed by atoms with Gasteiger partial charge in [-0.15, -0.1) is 0 Å². The predicted molar refractivity (Wildman–Crippen MR) is 203 cm³/mol. The minimum Gasteiger partial charge on any atom is -0.497 e. The third-order valence-electron chi connectivity index (χ3n) is 14.8. The van der Waals surface area contributed by atoms with E-state index in [-0.39, 0.29) is 59.1 Å². The Morgan fingerprint density at radius 1 is 0.845 bits per heavy atom. The maximum absolute atomic E-state index is 13.2. The summed E-state index contributed by atoms with van der Waals surface area (Å²) in [4.78, 5) is 38.9. The summed E-state index contributed by atoms with van der Waals surface area (Å²) in [5, 5.41) is 55.7. The van der Waals surface area contributed by atoms with Crippen LogP contribution in [-0.4, -0.2) is 131 Å². The zero-order valence-corrected chi connectivity index (χ0v) is 34.1. The highest BCUT2D eigenvalue weighted by atomic mass is 16.7. The Kier molecular flexibility index (Phi) is 12.5. The molecule has 2 saturated heterocycles. The van der Waals surface area contributed by atoms with Crippen LogP contribution >= 0.6 is 0 Å². The Hall–Kier alpha value is -2.99. The van der Waals surface area contributed by atoms with Crippen molar-refractivity contribution in [1.29, 1.82) is 0 Å². The molecule has 5 N–H and O–H groups in total. The van der Waals surface area contributed by atoms with Gasteiger partial charge in [-0.3, -0.25) is 9.59 Å². The maximum Gasteiger partial charge on any atom is 0.338 e. The van der Waals surface area contributed by atoms with Crippen LogP contribution in [0.4, 0.5) is 0 Å². The van der Waals surface area contributed by atoms with Gasteiger partial charge in [0.2, 0.25) is 0 Å². The van der Waals surface area contributed by atoms with Crippen LogP contribution in [0.15, 0.2) is 35.9 Å². The molecule has 0 aromatic heterocycles. The lowest BCUT2D eigenvalue weighted by atomic mass is 9.44. The normalized spacial score (nSPS) is 44.1. The van der Waals surface area contributed by atoms with Crippen LogP contribution in [0.3, 0.4) is 0 Å². The molecule has 0 bridgehead atoms. The number of fused-ring (bicyclic) bond motifs is 5. The predicted octanol–water partition coefficient (Wildman–Crippen LogP) is 2.46. The van der Waals surface area contributed by atoms with E-state index in [0.717, 1.165) is 19.3 Å². The number of hydrogen-bond donors (Lipinski definition) is 5. The summed E-state index contributed by atoms with van der Waals surface area (Å²) >= 11 is 0. The van der Waals surface area contributed by atoms with E-state index in [1.165, 1.54) is 31.7 Å². The molecule has 2 aliphatic heterocycles. The summed E-state index contributed by atoms with van der Waals surface area (Å²) in [7, 11) is 1.48. The fourth-order valence-electron chi connectivity index (χ4n) is 11.4. The highest BCUT2D eigenvalue weighted by Crippen LogP contribution is 2.68. The lowest BCUT2D eigenvalue weighted by Crippen LogP contribution is -2.62. The molecule has 18 atom stereocenters. The number of allylic oxidation sites excluding steroid dienone is 1. The van der Waals surface area contributed by atoms with Gasteiger partial charge in [0.05, 0.1) is 44.2 Å². The number of carbonyl (C=O) groups is 3. The highest BCUT2D eigenvalue weighted by molar-refractivity contribution is 5.89. The molecule has 0 amide bonds. The molecule has 0 radical (unpaired) electrons. The van der Waals surface area contributed by atoms with E-state index >= 15 is 0 Å². The number of ether oxygens (including phenoxy) is 7.